The van der Waals surface area contributed by atoms with Crippen LogP contribution in [0.2, 0.25) is 5.02 Å². The normalized spacial score (nSPS) is 11.8. The van der Waals surface area contributed by atoms with Gasteiger partial charge >= 0.3 is 0 Å². The zero-order valence-corrected chi connectivity index (χ0v) is 12.5. The number of pyridine rings is 1. The number of aryl methyl sites for hydroxylation is 1. The van der Waals surface area contributed by atoms with E-state index in [4.69, 9.17) is 11.6 Å². The summed E-state index contributed by atoms with van der Waals surface area (Å²) in [7, 11) is 1.94. The van der Waals surface area contributed by atoms with E-state index in [9.17, 15) is 5.26 Å². The summed E-state index contributed by atoms with van der Waals surface area (Å²) in [5, 5.41) is 10.0. The highest BCUT2D eigenvalue weighted by molar-refractivity contribution is 6.30. The van der Waals surface area contributed by atoms with Crippen LogP contribution in [0.5, 0.6) is 0 Å². The van der Waals surface area contributed by atoms with E-state index >= 15 is 0 Å². The van der Waals surface area contributed by atoms with Gasteiger partial charge in [0.1, 0.15) is 11.9 Å². The van der Waals surface area contributed by atoms with Crippen molar-refractivity contribution in [2.24, 2.45) is 0 Å². The minimum Gasteiger partial charge on any atom is -0.352 e. The van der Waals surface area contributed by atoms with Crippen molar-refractivity contribution >= 4 is 17.4 Å². The van der Waals surface area contributed by atoms with Crippen LogP contribution in [0.15, 0.2) is 36.5 Å². The quantitative estimate of drug-likeness (QED) is 0.852. The molecule has 0 spiro atoms. The lowest BCUT2D eigenvalue weighted by atomic mass is 10.1. The van der Waals surface area contributed by atoms with Gasteiger partial charge in [-0.1, -0.05) is 23.7 Å². The van der Waals surface area contributed by atoms with Crippen molar-refractivity contribution in [3.63, 3.8) is 0 Å². The minimum atomic E-state index is 0.0788. The van der Waals surface area contributed by atoms with E-state index in [2.05, 4.69) is 18.0 Å². The molecule has 4 heteroatoms. The second-order valence-corrected chi connectivity index (χ2v) is 5.22. The van der Waals surface area contributed by atoms with Crippen LogP contribution in [-0.4, -0.2) is 12.0 Å². The Morgan fingerprint density at radius 1 is 1.35 bits per heavy atom. The van der Waals surface area contributed by atoms with Gasteiger partial charge in [0, 0.05) is 18.3 Å². The third kappa shape index (κ3) is 2.76. The molecule has 20 heavy (non-hydrogen) atoms. The summed E-state index contributed by atoms with van der Waals surface area (Å²) in [6.07, 6.45) is 1.73. The van der Waals surface area contributed by atoms with Crippen molar-refractivity contribution in [3.8, 4) is 6.07 Å². The third-order valence-corrected chi connectivity index (χ3v) is 3.73. The van der Waals surface area contributed by atoms with Gasteiger partial charge < -0.3 is 4.90 Å². The molecular weight excluding hydrogens is 270 g/mol. The molecule has 2 aromatic rings. The SMILES string of the molecule is Cc1ccnc(N(C)C(C)c2cccc(Cl)c2)c1C#N. The van der Waals surface area contributed by atoms with Crippen LogP contribution in [0.25, 0.3) is 0 Å². The van der Waals surface area contributed by atoms with Crippen molar-refractivity contribution in [3.05, 3.63) is 58.2 Å². The summed E-state index contributed by atoms with van der Waals surface area (Å²) in [5.74, 6) is 0.694. The van der Waals surface area contributed by atoms with Gasteiger partial charge in [0.2, 0.25) is 0 Å². The van der Waals surface area contributed by atoms with Crippen LogP contribution in [0.4, 0.5) is 5.82 Å². The van der Waals surface area contributed by atoms with E-state index < -0.39 is 0 Å². The number of aromatic nitrogens is 1. The Bertz CT molecular complexity index is 661. The molecule has 2 rings (SSSR count). The van der Waals surface area contributed by atoms with Crippen LogP contribution >= 0.6 is 11.6 Å². The molecule has 0 amide bonds. The molecule has 3 nitrogen and oxygen atoms in total. The maximum absolute atomic E-state index is 9.31. The first-order valence-electron chi connectivity index (χ1n) is 6.38. The topological polar surface area (TPSA) is 39.9 Å². The summed E-state index contributed by atoms with van der Waals surface area (Å²) in [5.41, 5.74) is 2.64. The number of rotatable bonds is 3. The molecule has 1 aromatic heterocycles. The molecule has 0 saturated carbocycles. The van der Waals surface area contributed by atoms with Crippen molar-refractivity contribution < 1.29 is 0 Å². The minimum absolute atomic E-state index is 0.0788. The molecule has 0 aliphatic carbocycles. The van der Waals surface area contributed by atoms with Gasteiger partial charge in [-0.2, -0.15) is 5.26 Å². The van der Waals surface area contributed by atoms with Gasteiger partial charge in [0.05, 0.1) is 11.6 Å². The molecule has 0 aliphatic rings. The number of halogens is 1. The van der Waals surface area contributed by atoms with Crippen molar-refractivity contribution in [1.82, 2.24) is 4.98 Å². The Kier molecular flexibility index (Phi) is 4.26. The Balaban J connectivity index is 2.39. The average Bonchev–Trinajstić information content (AvgIpc) is 2.45. The summed E-state index contributed by atoms with van der Waals surface area (Å²) in [4.78, 5) is 6.35. The standard InChI is InChI=1S/C16H16ClN3/c1-11-7-8-19-16(15(11)10-18)20(3)12(2)13-5-4-6-14(17)9-13/h4-9,12H,1-3H3. The second-order valence-electron chi connectivity index (χ2n) is 4.78. The predicted octanol–water partition coefficient (Wildman–Crippen LogP) is 4.11. The van der Waals surface area contributed by atoms with E-state index in [-0.39, 0.29) is 6.04 Å². The molecular formula is C16H16ClN3. The van der Waals surface area contributed by atoms with Gasteiger partial charge in [-0.15, -0.1) is 0 Å². The highest BCUT2D eigenvalue weighted by Crippen LogP contribution is 2.28. The monoisotopic (exact) mass is 285 g/mol. The Hall–Kier alpha value is -2.05. The molecule has 0 radical (unpaired) electrons. The highest BCUT2D eigenvalue weighted by atomic mass is 35.5. The fourth-order valence-electron chi connectivity index (χ4n) is 2.12. The smallest absolute Gasteiger partial charge is 0.146 e. The van der Waals surface area contributed by atoms with Crippen LogP contribution < -0.4 is 4.90 Å². The van der Waals surface area contributed by atoms with Crippen molar-refractivity contribution in [1.29, 1.82) is 5.26 Å². The predicted molar refractivity (Wildman–Crippen MR) is 82.0 cm³/mol. The zero-order valence-electron chi connectivity index (χ0n) is 11.8. The molecule has 1 atom stereocenters. The Labute approximate surface area is 124 Å². The molecule has 0 saturated heterocycles. The van der Waals surface area contributed by atoms with Crippen LogP contribution in [0, 0.1) is 18.3 Å². The highest BCUT2D eigenvalue weighted by Gasteiger charge is 2.17. The fourth-order valence-corrected chi connectivity index (χ4v) is 2.32. The molecule has 0 bridgehead atoms. The second kappa shape index (κ2) is 5.94. The molecule has 0 fully saturated rings. The van der Waals surface area contributed by atoms with Crippen molar-refractivity contribution in [2.45, 2.75) is 19.9 Å². The number of hydrogen-bond donors (Lipinski definition) is 0. The van der Waals surface area contributed by atoms with Crippen LogP contribution in [0.3, 0.4) is 0 Å². The van der Waals surface area contributed by atoms with Gasteiger partial charge in [-0.25, -0.2) is 4.98 Å². The summed E-state index contributed by atoms with van der Waals surface area (Å²) >= 11 is 6.04. The summed E-state index contributed by atoms with van der Waals surface area (Å²) < 4.78 is 0. The third-order valence-electron chi connectivity index (χ3n) is 3.50. The number of nitriles is 1. The zero-order chi connectivity index (χ0) is 14.7. The van der Waals surface area contributed by atoms with Gasteiger partial charge in [-0.05, 0) is 43.2 Å². The molecule has 0 N–H and O–H groups in total. The van der Waals surface area contributed by atoms with E-state index in [1.165, 1.54) is 0 Å². The van der Waals surface area contributed by atoms with E-state index in [0.717, 1.165) is 11.1 Å². The summed E-state index contributed by atoms with van der Waals surface area (Å²) in [6, 6.07) is 11.9. The lowest BCUT2D eigenvalue weighted by molar-refractivity contribution is 0.727. The van der Waals surface area contributed by atoms with E-state index in [1.807, 2.05) is 49.2 Å². The Morgan fingerprint density at radius 3 is 2.75 bits per heavy atom. The molecule has 1 heterocycles. The largest absolute Gasteiger partial charge is 0.352 e. The first-order chi connectivity index (χ1) is 9.54. The molecule has 0 aliphatic heterocycles. The molecule has 1 aromatic carbocycles. The molecule has 102 valence electrons. The van der Waals surface area contributed by atoms with Crippen LogP contribution in [-0.2, 0) is 0 Å². The first-order valence-corrected chi connectivity index (χ1v) is 6.76. The maximum Gasteiger partial charge on any atom is 0.146 e. The summed E-state index contributed by atoms with van der Waals surface area (Å²) in [6.45, 7) is 3.98. The van der Waals surface area contributed by atoms with E-state index in [1.54, 1.807) is 6.20 Å². The van der Waals surface area contributed by atoms with Gasteiger partial charge in [0.25, 0.3) is 0 Å². The van der Waals surface area contributed by atoms with Crippen molar-refractivity contribution in [2.75, 3.05) is 11.9 Å². The van der Waals surface area contributed by atoms with E-state index in [0.29, 0.717) is 16.4 Å². The number of hydrogen-bond acceptors (Lipinski definition) is 3. The number of nitrogens with zero attached hydrogens (tertiary/aromatic N) is 3. The number of anilines is 1. The lowest BCUT2D eigenvalue weighted by Crippen LogP contribution is -2.23. The van der Waals surface area contributed by atoms with Gasteiger partial charge in [0.15, 0.2) is 0 Å². The van der Waals surface area contributed by atoms with Crippen LogP contribution in [0.1, 0.15) is 29.7 Å². The number of benzene rings is 1. The average molecular weight is 286 g/mol. The van der Waals surface area contributed by atoms with Gasteiger partial charge in [-0.3, -0.25) is 0 Å². The molecule has 1 unspecified atom stereocenters. The maximum atomic E-state index is 9.31. The lowest BCUT2D eigenvalue weighted by Gasteiger charge is -2.27. The first kappa shape index (κ1) is 14.4. The fraction of sp³-hybridized carbons (Fsp3) is 0.250. The Morgan fingerprint density at radius 2 is 2.10 bits per heavy atom.